The van der Waals surface area contributed by atoms with Crippen LogP contribution in [0.3, 0.4) is 0 Å². The summed E-state index contributed by atoms with van der Waals surface area (Å²) in [6, 6.07) is 17.9. The topological polar surface area (TPSA) is 151 Å². The number of carbonyl (C=O) groups is 1. The van der Waals surface area contributed by atoms with Crippen LogP contribution in [0.25, 0.3) is 0 Å². The van der Waals surface area contributed by atoms with E-state index in [4.69, 9.17) is 4.74 Å². The Hall–Kier alpha value is -3.61. The molecule has 10 nitrogen and oxygen atoms in total. The number of ether oxygens (including phenoxy) is 1. The Morgan fingerprint density at radius 3 is 2.35 bits per heavy atom. The molecule has 2 aromatic carbocycles. The first-order valence-electron chi connectivity index (χ1n) is 11.9. The van der Waals surface area contributed by atoms with Gasteiger partial charge in [0.1, 0.15) is 5.75 Å². The molecular weight excluding hydrogens is 495 g/mol. The van der Waals surface area contributed by atoms with Gasteiger partial charge in [0.15, 0.2) is 5.03 Å². The average Bonchev–Trinajstić information content (AvgIpc) is 3.72. The summed E-state index contributed by atoms with van der Waals surface area (Å²) in [7, 11) is -5.99. The van der Waals surface area contributed by atoms with E-state index >= 15 is 0 Å². The summed E-state index contributed by atoms with van der Waals surface area (Å²) in [6.07, 6.45) is 5.80. The zero-order valence-electron chi connectivity index (χ0n) is 19.9. The third kappa shape index (κ3) is 7.94. The van der Waals surface area contributed by atoms with E-state index in [-0.39, 0.29) is 12.3 Å². The van der Waals surface area contributed by atoms with Crippen molar-refractivity contribution in [3.8, 4) is 11.6 Å². The van der Waals surface area contributed by atoms with Crippen LogP contribution in [0.5, 0.6) is 11.6 Å². The number of nitrogens with zero attached hydrogens (tertiary/aromatic N) is 3. The molecule has 12 heteroatoms. The quantitative estimate of drug-likeness (QED) is 0.242. The molecule has 4 rings (SSSR count). The molecule has 1 amide bonds. The maximum Gasteiger partial charge on any atom is 0.475 e. The van der Waals surface area contributed by atoms with Gasteiger partial charge in [0, 0.05) is 6.21 Å². The number of amides is 1. The second kappa shape index (κ2) is 12.1. The van der Waals surface area contributed by atoms with Gasteiger partial charge in [0.05, 0.1) is 24.3 Å². The maximum absolute atomic E-state index is 13.1. The molecule has 0 bridgehead atoms. The Morgan fingerprint density at radius 1 is 1.08 bits per heavy atom. The van der Waals surface area contributed by atoms with Crippen LogP contribution >= 0.6 is 0 Å². The Kier molecular flexibility index (Phi) is 8.64. The summed E-state index contributed by atoms with van der Waals surface area (Å²) in [5.41, 5.74) is 0.789. The molecule has 0 spiro atoms. The van der Waals surface area contributed by atoms with Crippen LogP contribution in [0.15, 0.2) is 82.5 Å². The Balaban J connectivity index is 1.49. The predicted octanol–water partition coefficient (Wildman–Crippen LogP) is 2.18. The van der Waals surface area contributed by atoms with Crippen LogP contribution in [-0.4, -0.2) is 53.6 Å². The average molecular weight is 522 g/mol. The predicted molar refractivity (Wildman–Crippen MR) is 137 cm³/mol. The molecule has 1 heterocycles. The van der Waals surface area contributed by atoms with E-state index in [1.807, 2.05) is 24.3 Å². The van der Waals surface area contributed by atoms with Gasteiger partial charge in [-0.1, -0.05) is 61.4 Å². The molecule has 1 aromatic heterocycles. The third-order valence-corrected chi connectivity index (χ3v) is 6.96. The fraction of sp³-hybridized carbons (Fsp3) is 0.280. The highest BCUT2D eigenvalue weighted by molar-refractivity contribution is 7.90. The molecular formula is C25H27BN4O6S. The van der Waals surface area contributed by atoms with Gasteiger partial charge in [-0.15, -0.1) is 0 Å². The smallest absolute Gasteiger partial charge is 0.438 e. The fourth-order valence-corrected chi connectivity index (χ4v) is 4.43. The first-order chi connectivity index (χ1) is 17.8. The van der Waals surface area contributed by atoms with Crippen molar-refractivity contribution in [3.05, 3.63) is 78.6 Å². The van der Waals surface area contributed by atoms with Gasteiger partial charge in [0.25, 0.3) is 0 Å². The van der Waals surface area contributed by atoms with Crippen molar-refractivity contribution in [3.63, 3.8) is 0 Å². The standard InChI is InChI=1S/C25H27BN4O6S/c31-25(30-22(26(32)33)14-19-11-12-19)20(13-18-7-3-1-4-8-18)15-29-37(34,35)24-17-27-23(16-28-24)36-21-9-5-2-6-10-21/h1-10,15-17,19-20,22,32-33H,11-14H2,(H,30,31)/t20?,22-/m0/s1. The van der Waals surface area contributed by atoms with Crippen molar-refractivity contribution in [1.82, 2.24) is 15.3 Å². The minimum Gasteiger partial charge on any atom is -0.438 e. The molecule has 2 atom stereocenters. The number of carbonyl (C=O) groups excluding carboxylic acids is 1. The second-order valence-electron chi connectivity index (χ2n) is 8.84. The summed E-state index contributed by atoms with van der Waals surface area (Å²) in [6.45, 7) is 0. The van der Waals surface area contributed by atoms with E-state index < -0.39 is 39.9 Å². The lowest BCUT2D eigenvalue weighted by Gasteiger charge is -2.20. The number of sulfonamides is 1. The highest BCUT2D eigenvalue weighted by Gasteiger charge is 2.34. The summed E-state index contributed by atoms with van der Waals surface area (Å²) in [4.78, 5) is 21.0. The van der Waals surface area contributed by atoms with Gasteiger partial charge in [-0.25, -0.2) is 9.97 Å². The summed E-state index contributed by atoms with van der Waals surface area (Å²) >= 11 is 0. The monoisotopic (exact) mass is 522 g/mol. The fourth-order valence-electron chi connectivity index (χ4n) is 3.65. The number of rotatable bonds is 12. The van der Waals surface area contributed by atoms with E-state index in [9.17, 15) is 23.3 Å². The van der Waals surface area contributed by atoms with E-state index in [0.29, 0.717) is 18.1 Å². The van der Waals surface area contributed by atoms with Crippen molar-refractivity contribution in [2.24, 2.45) is 16.2 Å². The Bertz CT molecular complexity index is 1300. The highest BCUT2D eigenvalue weighted by Crippen LogP contribution is 2.33. The lowest BCUT2D eigenvalue weighted by atomic mass is 9.76. The van der Waals surface area contributed by atoms with E-state index in [2.05, 4.69) is 19.7 Å². The summed E-state index contributed by atoms with van der Waals surface area (Å²) < 4.78 is 34.9. The zero-order valence-corrected chi connectivity index (χ0v) is 20.7. The van der Waals surface area contributed by atoms with Gasteiger partial charge in [0.2, 0.25) is 11.8 Å². The molecule has 1 aliphatic carbocycles. The first-order valence-corrected chi connectivity index (χ1v) is 13.3. The number of nitrogens with one attached hydrogen (secondary N) is 1. The lowest BCUT2D eigenvalue weighted by Crippen LogP contribution is -2.49. The minimum atomic E-state index is -4.26. The van der Waals surface area contributed by atoms with Crippen LogP contribution in [0.1, 0.15) is 24.8 Å². The van der Waals surface area contributed by atoms with E-state index in [1.54, 1.807) is 36.4 Å². The van der Waals surface area contributed by atoms with E-state index in [1.165, 1.54) is 6.20 Å². The molecule has 37 heavy (non-hydrogen) atoms. The minimum absolute atomic E-state index is 0.111. The second-order valence-corrected chi connectivity index (χ2v) is 10.4. The first kappa shape index (κ1) is 26.5. The lowest BCUT2D eigenvalue weighted by molar-refractivity contribution is -0.123. The van der Waals surface area contributed by atoms with Crippen molar-refractivity contribution >= 4 is 29.3 Å². The van der Waals surface area contributed by atoms with Crippen LogP contribution in [-0.2, 0) is 21.2 Å². The Labute approximate surface area is 215 Å². The summed E-state index contributed by atoms with van der Waals surface area (Å²) in [5, 5.41) is 21.7. The van der Waals surface area contributed by atoms with Crippen LogP contribution in [0.4, 0.5) is 0 Å². The molecule has 192 valence electrons. The zero-order chi connectivity index (χ0) is 26.3. The third-order valence-electron chi connectivity index (χ3n) is 5.82. The van der Waals surface area contributed by atoms with Crippen LogP contribution in [0, 0.1) is 11.8 Å². The molecule has 0 aliphatic heterocycles. The van der Waals surface area contributed by atoms with Gasteiger partial charge < -0.3 is 20.1 Å². The molecule has 1 fully saturated rings. The number of benzene rings is 2. The van der Waals surface area contributed by atoms with Gasteiger partial charge in [-0.2, -0.15) is 12.8 Å². The van der Waals surface area contributed by atoms with Crippen molar-refractivity contribution < 1.29 is 28.0 Å². The van der Waals surface area contributed by atoms with Crippen molar-refractivity contribution in [2.75, 3.05) is 0 Å². The van der Waals surface area contributed by atoms with Gasteiger partial charge >= 0.3 is 17.1 Å². The van der Waals surface area contributed by atoms with Crippen molar-refractivity contribution in [2.45, 2.75) is 36.7 Å². The van der Waals surface area contributed by atoms with Crippen LogP contribution in [0.2, 0.25) is 0 Å². The largest absolute Gasteiger partial charge is 0.475 e. The molecule has 0 radical (unpaired) electrons. The molecule has 1 aliphatic rings. The van der Waals surface area contributed by atoms with Crippen LogP contribution < -0.4 is 10.1 Å². The SMILES string of the molecule is O=C(N[C@@H](CC1CC1)B(O)O)C(C=NS(=O)(=O)c1cnc(Oc2ccccc2)cn1)Cc1ccccc1. The Morgan fingerprint density at radius 2 is 1.76 bits per heavy atom. The number of hydrogen-bond donors (Lipinski definition) is 3. The van der Waals surface area contributed by atoms with Gasteiger partial charge in [-0.05, 0) is 36.5 Å². The maximum atomic E-state index is 13.1. The highest BCUT2D eigenvalue weighted by atomic mass is 32.2. The molecule has 3 aromatic rings. The number of aromatic nitrogens is 2. The number of para-hydroxylation sites is 1. The molecule has 1 saturated carbocycles. The van der Waals surface area contributed by atoms with Gasteiger partial charge in [-0.3, -0.25) is 4.79 Å². The molecule has 0 saturated heterocycles. The van der Waals surface area contributed by atoms with Crippen molar-refractivity contribution in [1.29, 1.82) is 0 Å². The summed E-state index contributed by atoms with van der Waals surface area (Å²) in [5.74, 6) is -1.43. The normalized spacial score (nSPS) is 15.2. The molecule has 3 N–H and O–H groups in total. The number of hydrogen-bond acceptors (Lipinski definition) is 8. The molecule has 1 unspecified atom stereocenters. The van der Waals surface area contributed by atoms with E-state index in [0.717, 1.165) is 30.8 Å².